The number of hydrogen-bond acceptors (Lipinski definition) is 28. The molecule has 0 spiro atoms. The van der Waals surface area contributed by atoms with Gasteiger partial charge in [0.15, 0.2) is 44.0 Å². The second-order valence-electron chi connectivity index (χ2n) is 19.5. The first-order valence-electron chi connectivity index (χ1n) is 23.6. The first kappa shape index (κ1) is 55.1. The summed E-state index contributed by atoms with van der Waals surface area (Å²) in [6.45, 7) is 9.99. The molecule has 28 heteroatoms. The first-order valence-corrected chi connectivity index (χ1v) is 23.6. The minimum atomic E-state index is -1.89. The van der Waals surface area contributed by atoms with Gasteiger partial charge in [0.2, 0.25) is 0 Å². The van der Waals surface area contributed by atoms with Crippen LogP contribution in [0.1, 0.15) is 48.5 Å². The average Bonchev–Trinajstić information content (AvgIpc) is 3.31. The molecule has 28 nitrogen and oxygen atoms in total. The van der Waals surface area contributed by atoms with Gasteiger partial charge >= 0.3 is 0 Å². The Balaban J connectivity index is 1.02. The molecule has 0 unspecified atom stereocenters. The van der Waals surface area contributed by atoms with E-state index in [1.807, 2.05) is 0 Å². The van der Waals surface area contributed by atoms with E-state index >= 15 is 0 Å². The molecule has 21 aliphatic heterocycles. The van der Waals surface area contributed by atoms with Crippen LogP contribution in [0.3, 0.4) is 0 Å². The van der Waals surface area contributed by atoms with E-state index in [9.17, 15) is 71.5 Å². The topological polar surface area (TPSA) is 412 Å². The molecule has 0 amide bonds. The molecule has 0 aromatic heterocycles. The highest BCUT2D eigenvalue weighted by Crippen LogP contribution is 2.38. The monoisotopic (exact) mass is 1020 g/mol. The summed E-state index contributed by atoms with van der Waals surface area (Å²) in [5.74, 6) is 0. The number of aliphatic hydroxyl groups is 14. The molecule has 0 aromatic rings. The lowest BCUT2D eigenvalue weighted by Crippen LogP contribution is -2.66. The molecule has 0 aliphatic carbocycles. The maximum atomic E-state index is 11.3. The molecule has 21 heterocycles. The van der Waals surface area contributed by atoms with Crippen molar-refractivity contribution in [1.29, 1.82) is 0 Å². The van der Waals surface area contributed by atoms with E-state index in [0.29, 0.717) is 0 Å². The Hall–Kier alpha value is -1.12. The number of ether oxygens (including phenoxy) is 14. The lowest BCUT2D eigenvalue weighted by molar-refractivity contribution is -0.390. The van der Waals surface area contributed by atoms with Crippen molar-refractivity contribution in [3.05, 3.63) is 0 Å². The zero-order chi connectivity index (χ0) is 51.1. The summed E-state index contributed by atoms with van der Waals surface area (Å²) in [6, 6.07) is 0. The summed E-state index contributed by atoms with van der Waals surface area (Å²) in [7, 11) is 0. The van der Waals surface area contributed by atoms with Crippen LogP contribution >= 0.6 is 0 Å². The Morgan fingerprint density at radius 1 is 0.157 bits per heavy atom. The van der Waals surface area contributed by atoms with E-state index in [-0.39, 0.29) is 0 Å². The normalized spacial score (nSPS) is 59.7. The smallest absolute Gasteiger partial charge is 0.187 e. The maximum absolute atomic E-state index is 11.3. The Labute approximate surface area is 400 Å². The molecule has 21 rings (SSSR count). The SMILES string of the molecule is C[C@H]1O[C@H]2O[C@H]3[C@H](O)[C@@H](O)[C@H](O[C@H]4[C@H](O)[C@@H](O)[C@H](O[C@H]5[C@H](O)[C@@H](O)[C@@H](O[C@H]6[C@H](O)[C@@H](O)[C@H](O[C@H]7[C@H](O)[C@@H](O)[C@H](O[C@H]8[C@H](O)[C@@H](O)[C@H](O[C@H]1[C@H](O)[C@H]2O)O[C@@H]8C)O[C@@H]7C)O[C@@H]6C)O[C@@H]5C)O[C@@H]4C)O[C@@H]3C. The van der Waals surface area contributed by atoms with Gasteiger partial charge in [0, 0.05) is 0 Å². The highest BCUT2D eigenvalue weighted by Gasteiger charge is 2.58. The number of hydrogen-bond donors (Lipinski definition) is 14. The van der Waals surface area contributed by atoms with Crippen molar-refractivity contribution in [1.82, 2.24) is 0 Å². The molecule has 0 aromatic carbocycles. The van der Waals surface area contributed by atoms with Gasteiger partial charge in [-0.25, -0.2) is 0 Å². The Kier molecular flexibility index (Phi) is 17.2. The fourth-order valence-electron chi connectivity index (χ4n) is 10.2. The van der Waals surface area contributed by atoms with Crippen LogP contribution in [0, 0.1) is 0 Å². The predicted molar refractivity (Wildman–Crippen MR) is 219 cm³/mol. The lowest BCUT2D eigenvalue weighted by Gasteiger charge is -2.49. The van der Waals surface area contributed by atoms with Gasteiger partial charge in [-0.1, -0.05) is 0 Å². The third-order valence-electron chi connectivity index (χ3n) is 14.5. The molecular formula is C42H70O28. The van der Waals surface area contributed by atoms with Crippen molar-refractivity contribution < 1.29 is 138 Å². The van der Waals surface area contributed by atoms with E-state index in [2.05, 4.69) is 0 Å². The van der Waals surface area contributed by atoms with Gasteiger partial charge in [0.05, 0.1) is 42.7 Å². The van der Waals surface area contributed by atoms with Crippen LogP contribution in [-0.4, -0.2) is 286 Å². The van der Waals surface area contributed by atoms with Crippen molar-refractivity contribution in [3.8, 4) is 0 Å². The summed E-state index contributed by atoms with van der Waals surface area (Å²) in [4.78, 5) is 0. The Morgan fingerprint density at radius 2 is 0.257 bits per heavy atom. The third kappa shape index (κ3) is 10.4. The molecular weight excluding hydrogens is 952 g/mol. The van der Waals surface area contributed by atoms with Gasteiger partial charge < -0.3 is 138 Å². The average molecular weight is 1020 g/mol. The molecule has 21 fully saturated rings. The van der Waals surface area contributed by atoms with Crippen molar-refractivity contribution in [3.63, 3.8) is 0 Å². The molecule has 14 bridgehead atoms. The van der Waals surface area contributed by atoms with Crippen molar-refractivity contribution in [2.24, 2.45) is 0 Å². The van der Waals surface area contributed by atoms with E-state index in [4.69, 9.17) is 66.3 Å². The second-order valence-corrected chi connectivity index (χ2v) is 19.5. The van der Waals surface area contributed by atoms with Gasteiger partial charge in [-0.2, -0.15) is 0 Å². The first-order chi connectivity index (χ1) is 32.9. The summed E-state index contributed by atoms with van der Waals surface area (Å²) >= 11 is 0. The molecule has 0 radical (unpaired) electrons. The highest BCUT2D eigenvalue weighted by molar-refractivity contribution is 5.00. The van der Waals surface area contributed by atoms with Crippen molar-refractivity contribution in [2.75, 3.05) is 0 Å². The predicted octanol–water partition coefficient (Wildman–Crippen LogP) is -8.04. The van der Waals surface area contributed by atoms with Crippen LogP contribution in [0.15, 0.2) is 0 Å². The fourth-order valence-corrected chi connectivity index (χ4v) is 10.2. The van der Waals surface area contributed by atoms with Crippen LogP contribution in [0.5, 0.6) is 0 Å². The summed E-state index contributed by atoms with van der Waals surface area (Å²) < 4.78 is 82.0. The third-order valence-corrected chi connectivity index (χ3v) is 14.5. The molecule has 21 saturated heterocycles. The summed E-state index contributed by atoms with van der Waals surface area (Å²) in [5.41, 5.74) is 0. The molecule has 21 aliphatic rings. The van der Waals surface area contributed by atoms with Crippen molar-refractivity contribution >= 4 is 0 Å². The largest absolute Gasteiger partial charge is 0.387 e. The minimum Gasteiger partial charge on any atom is -0.387 e. The van der Waals surface area contributed by atoms with Gasteiger partial charge in [0.25, 0.3) is 0 Å². The van der Waals surface area contributed by atoms with Gasteiger partial charge in [0.1, 0.15) is 128 Å². The Morgan fingerprint density at radius 3 is 0.357 bits per heavy atom. The summed E-state index contributed by atoms with van der Waals surface area (Å²) in [6.07, 6.45) is -55.6. The minimum absolute atomic E-state index is 1.14. The highest BCUT2D eigenvalue weighted by atomic mass is 16.8. The van der Waals surface area contributed by atoms with Gasteiger partial charge in [-0.05, 0) is 48.5 Å². The zero-order valence-corrected chi connectivity index (χ0v) is 39.2. The maximum Gasteiger partial charge on any atom is 0.187 e. The second kappa shape index (κ2) is 21.9. The van der Waals surface area contributed by atoms with Crippen LogP contribution in [0.2, 0.25) is 0 Å². The molecule has 14 N–H and O–H groups in total. The van der Waals surface area contributed by atoms with Crippen LogP contribution in [0.25, 0.3) is 0 Å². The standard InChI is InChI=1S/C42H70O28/c1-8-29-15(43)22(50)36(57-8)65-30-9(2)59-38(24(52)17(30)45)67-32-11(4)61-40(26(54)19(32)47)69-34-13(6)63-42(28(56)21(34)49)70-35-14(7)62-41(27(55)20(35)48)68-33-12(5)60-39(25(53)18(33)46)66-31-10(3)58-37(64-29)23(51)16(31)44/h8-56H,1-7H3/t8-,9-,10-,11-,12-,13-,14-,15-,16-,17-,18-,19-,20-,21-,22-,23-,24-,25-,26-,27-,28-,29-,30-,31-,32-,33-,34-,35-,36-,37+,38+,39+,40+,41+,42+/m1/s1. The summed E-state index contributed by atoms with van der Waals surface area (Å²) in [5, 5.41) is 157. The molecule has 0 saturated carbocycles. The van der Waals surface area contributed by atoms with Crippen LogP contribution in [0.4, 0.5) is 0 Å². The van der Waals surface area contributed by atoms with Crippen molar-refractivity contribution in [2.45, 2.75) is 263 Å². The number of rotatable bonds is 0. The van der Waals surface area contributed by atoms with Crippen LogP contribution in [-0.2, 0) is 66.3 Å². The zero-order valence-electron chi connectivity index (χ0n) is 39.2. The fraction of sp³-hybridized carbons (Fsp3) is 1.00. The van der Waals surface area contributed by atoms with E-state index in [1.165, 1.54) is 48.5 Å². The Bertz CT molecular complexity index is 1370. The number of aliphatic hydroxyl groups excluding tert-OH is 14. The van der Waals surface area contributed by atoms with Crippen LogP contribution < -0.4 is 0 Å². The molecule has 70 heavy (non-hydrogen) atoms. The van der Waals surface area contributed by atoms with Gasteiger partial charge in [-0.15, -0.1) is 0 Å². The molecule has 35 atom stereocenters. The quantitative estimate of drug-likeness (QED) is 0.107. The molecule has 406 valence electrons. The van der Waals surface area contributed by atoms with Gasteiger partial charge in [-0.3, -0.25) is 0 Å². The lowest BCUT2D eigenvalue weighted by atomic mass is 9.96. The van der Waals surface area contributed by atoms with E-state index in [0.717, 1.165) is 0 Å². The van der Waals surface area contributed by atoms with E-state index in [1.54, 1.807) is 0 Å². The van der Waals surface area contributed by atoms with E-state index < -0.39 is 215 Å².